The number of rotatable bonds is 4. The number of anilines is 1. The zero-order chi connectivity index (χ0) is 15.5. The quantitative estimate of drug-likeness (QED) is 0.754. The molecule has 0 spiro atoms. The Morgan fingerprint density at radius 3 is 2.64 bits per heavy atom. The first-order valence-electron chi connectivity index (χ1n) is 6.38. The minimum absolute atomic E-state index is 0.115. The number of H-pyrrole nitrogens is 1. The predicted octanol–water partition coefficient (Wildman–Crippen LogP) is 1.85. The fourth-order valence-corrected chi connectivity index (χ4v) is 1.84. The number of amides is 1. The van der Waals surface area contributed by atoms with Crippen molar-refractivity contribution in [2.45, 2.75) is 13.8 Å². The number of benzene rings is 1. The van der Waals surface area contributed by atoms with E-state index in [9.17, 15) is 4.79 Å². The van der Waals surface area contributed by atoms with E-state index in [2.05, 4.69) is 30.9 Å². The molecule has 0 aliphatic rings. The third-order valence-electron chi connectivity index (χ3n) is 2.76. The summed E-state index contributed by atoms with van der Waals surface area (Å²) in [5, 5.41) is 15.7. The van der Waals surface area contributed by atoms with Crippen LogP contribution in [0, 0.1) is 13.8 Å². The fourth-order valence-electron chi connectivity index (χ4n) is 1.84. The van der Waals surface area contributed by atoms with Gasteiger partial charge in [-0.3, -0.25) is 4.79 Å². The summed E-state index contributed by atoms with van der Waals surface area (Å²) in [6, 6.07) is 6.83. The molecule has 2 N–H and O–H groups in total. The van der Waals surface area contributed by atoms with Gasteiger partial charge in [-0.1, -0.05) is 10.2 Å². The number of carbonyl (C=O) groups excluding carboxylic acids is 1. The minimum atomic E-state index is -0.357. The van der Waals surface area contributed by atoms with E-state index < -0.39 is 0 Å². The fraction of sp³-hybridized carbons (Fsp3) is 0.154. The predicted molar refractivity (Wildman–Crippen MR) is 74.6 cm³/mol. The number of tetrazole rings is 1. The van der Waals surface area contributed by atoms with Gasteiger partial charge in [0.15, 0.2) is 5.89 Å². The van der Waals surface area contributed by atoms with Crippen LogP contribution < -0.4 is 10.1 Å². The molecule has 0 radical (unpaired) electrons. The lowest BCUT2D eigenvalue weighted by Gasteiger charge is -2.05. The topological polar surface area (TPSA) is 119 Å². The minimum Gasteiger partial charge on any atom is -0.436 e. The molecule has 9 heteroatoms. The van der Waals surface area contributed by atoms with Gasteiger partial charge in [-0.15, -0.1) is 0 Å². The summed E-state index contributed by atoms with van der Waals surface area (Å²) >= 11 is 0. The van der Waals surface area contributed by atoms with Gasteiger partial charge in [-0.2, -0.15) is 5.21 Å². The van der Waals surface area contributed by atoms with Crippen LogP contribution in [0.4, 0.5) is 5.69 Å². The summed E-state index contributed by atoms with van der Waals surface area (Å²) in [4.78, 5) is 16.1. The average molecular weight is 300 g/mol. The van der Waals surface area contributed by atoms with Crippen molar-refractivity contribution in [3.05, 3.63) is 41.6 Å². The molecule has 0 saturated heterocycles. The molecular formula is C13H12N6O3. The number of oxazole rings is 1. The molecule has 2 aromatic heterocycles. The SMILES string of the molecule is Cc1nc(C)c(C(=O)Nc2ccc(Oc3nn[nH]n3)cc2)o1. The number of aryl methyl sites for hydroxylation is 2. The Morgan fingerprint density at radius 2 is 2.05 bits per heavy atom. The lowest BCUT2D eigenvalue weighted by atomic mass is 10.3. The van der Waals surface area contributed by atoms with Crippen molar-refractivity contribution < 1.29 is 13.9 Å². The molecule has 0 bridgehead atoms. The second kappa shape index (κ2) is 5.64. The summed E-state index contributed by atoms with van der Waals surface area (Å²) in [7, 11) is 0. The zero-order valence-corrected chi connectivity index (χ0v) is 11.8. The highest BCUT2D eigenvalue weighted by Gasteiger charge is 2.16. The van der Waals surface area contributed by atoms with Crippen LogP contribution in [0.15, 0.2) is 28.7 Å². The van der Waals surface area contributed by atoms with Crippen LogP contribution >= 0.6 is 0 Å². The smallest absolute Gasteiger partial charge is 0.361 e. The molecule has 22 heavy (non-hydrogen) atoms. The molecule has 0 fully saturated rings. The van der Waals surface area contributed by atoms with E-state index in [1.54, 1.807) is 38.1 Å². The van der Waals surface area contributed by atoms with E-state index in [1.807, 2.05) is 0 Å². The molecule has 0 saturated carbocycles. The Balaban J connectivity index is 1.68. The number of ether oxygens (including phenoxy) is 1. The largest absolute Gasteiger partial charge is 0.436 e. The number of hydrogen-bond acceptors (Lipinski definition) is 7. The van der Waals surface area contributed by atoms with Crippen LogP contribution in [-0.2, 0) is 0 Å². The first kappa shape index (κ1) is 13.7. The van der Waals surface area contributed by atoms with Gasteiger partial charge in [-0.05, 0) is 36.4 Å². The highest BCUT2D eigenvalue weighted by Crippen LogP contribution is 2.20. The molecule has 0 atom stereocenters. The first-order valence-corrected chi connectivity index (χ1v) is 6.38. The maximum atomic E-state index is 12.1. The first-order chi connectivity index (χ1) is 10.6. The monoisotopic (exact) mass is 300 g/mol. The van der Waals surface area contributed by atoms with Crippen molar-refractivity contribution >= 4 is 11.6 Å². The Morgan fingerprint density at radius 1 is 1.27 bits per heavy atom. The van der Waals surface area contributed by atoms with Gasteiger partial charge in [0.05, 0.1) is 5.69 Å². The van der Waals surface area contributed by atoms with Crippen molar-refractivity contribution in [3.8, 4) is 11.8 Å². The number of aromatic nitrogens is 5. The molecule has 0 aliphatic carbocycles. The van der Waals surface area contributed by atoms with E-state index in [1.165, 1.54) is 0 Å². The summed E-state index contributed by atoms with van der Waals surface area (Å²) < 4.78 is 10.6. The van der Waals surface area contributed by atoms with Crippen LogP contribution in [0.5, 0.6) is 11.8 Å². The zero-order valence-electron chi connectivity index (χ0n) is 11.8. The molecule has 3 rings (SSSR count). The summed E-state index contributed by atoms with van der Waals surface area (Å²) in [6.07, 6.45) is 0. The van der Waals surface area contributed by atoms with Gasteiger partial charge >= 0.3 is 6.01 Å². The van der Waals surface area contributed by atoms with Gasteiger partial charge in [0.2, 0.25) is 5.76 Å². The summed E-state index contributed by atoms with van der Waals surface area (Å²) in [5.41, 5.74) is 1.14. The van der Waals surface area contributed by atoms with Gasteiger partial charge in [0, 0.05) is 12.6 Å². The standard InChI is InChI=1S/C13H12N6O3/c1-7-11(21-8(2)14-7)12(20)15-9-3-5-10(6-4-9)22-13-16-18-19-17-13/h3-6H,1-2H3,(H,15,20)(H,16,17,18,19). The third-order valence-corrected chi connectivity index (χ3v) is 2.76. The Labute approximate surface area is 124 Å². The normalized spacial score (nSPS) is 10.5. The van der Waals surface area contributed by atoms with Crippen LogP contribution in [0.2, 0.25) is 0 Å². The number of nitrogens with one attached hydrogen (secondary N) is 2. The van der Waals surface area contributed by atoms with E-state index >= 15 is 0 Å². The second-order valence-electron chi connectivity index (χ2n) is 4.42. The van der Waals surface area contributed by atoms with Gasteiger partial charge in [-0.25, -0.2) is 4.98 Å². The number of carbonyl (C=O) groups is 1. The van der Waals surface area contributed by atoms with Gasteiger partial charge in [0.1, 0.15) is 5.75 Å². The van der Waals surface area contributed by atoms with E-state index in [4.69, 9.17) is 9.15 Å². The molecule has 3 aromatic rings. The van der Waals surface area contributed by atoms with Gasteiger partial charge < -0.3 is 14.5 Å². The Bertz CT molecular complexity index is 779. The third kappa shape index (κ3) is 2.92. The van der Waals surface area contributed by atoms with Crippen LogP contribution in [-0.4, -0.2) is 31.5 Å². The number of aromatic amines is 1. The van der Waals surface area contributed by atoms with Crippen LogP contribution in [0.1, 0.15) is 22.1 Å². The maximum Gasteiger partial charge on any atom is 0.361 e. The molecule has 1 aromatic carbocycles. The highest BCUT2D eigenvalue weighted by atomic mass is 16.5. The second-order valence-corrected chi connectivity index (χ2v) is 4.42. The van der Waals surface area contributed by atoms with Crippen molar-refractivity contribution in [1.82, 2.24) is 25.6 Å². The van der Waals surface area contributed by atoms with Crippen molar-refractivity contribution in [2.24, 2.45) is 0 Å². The van der Waals surface area contributed by atoms with E-state index in [-0.39, 0.29) is 17.7 Å². The molecule has 0 unspecified atom stereocenters. The highest BCUT2D eigenvalue weighted by molar-refractivity contribution is 6.02. The maximum absolute atomic E-state index is 12.1. The Kier molecular flexibility index (Phi) is 3.52. The van der Waals surface area contributed by atoms with E-state index in [0.29, 0.717) is 23.0 Å². The van der Waals surface area contributed by atoms with Crippen molar-refractivity contribution in [2.75, 3.05) is 5.32 Å². The van der Waals surface area contributed by atoms with Crippen LogP contribution in [0.25, 0.3) is 0 Å². The average Bonchev–Trinajstić information content (AvgIpc) is 3.10. The lowest BCUT2D eigenvalue weighted by molar-refractivity contribution is 0.0994. The molecule has 9 nitrogen and oxygen atoms in total. The molecule has 112 valence electrons. The van der Waals surface area contributed by atoms with Crippen LogP contribution in [0.3, 0.4) is 0 Å². The Hall–Kier alpha value is -3.23. The van der Waals surface area contributed by atoms with E-state index in [0.717, 1.165) is 0 Å². The van der Waals surface area contributed by atoms with Crippen molar-refractivity contribution in [1.29, 1.82) is 0 Å². The molecular weight excluding hydrogens is 288 g/mol. The molecule has 1 amide bonds. The molecule has 2 heterocycles. The number of nitrogens with zero attached hydrogens (tertiary/aromatic N) is 4. The van der Waals surface area contributed by atoms with Crippen molar-refractivity contribution in [3.63, 3.8) is 0 Å². The lowest BCUT2D eigenvalue weighted by Crippen LogP contribution is -2.12. The number of hydrogen-bond donors (Lipinski definition) is 2. The molecule has 0 aliphatic heterocycles. The summed E-state index contributed by atoms with van der Waals surface area (Å²) in [5.74, 6) is 0.812. The van der Waals surface area contributed by atoms with Gasteiger partial charge in [0.25, 0.3) is 5.91 Å². The summed E-state index contributed by atoms with van der Waals surface area (Å²) in [6.45, 7) is 3.40.